The fraction of sp³-hybridized carbons (Fsp3) is 0.217. The molecule has 4 aromatic rings. The average molecular weight is 443 g/mol. The maximum atomic E-state index is 13.0. The van der Waals surface area contributed by atoms with E-state index >= 15 is 0 Å². The molecule has 8 heteroatoms. The van der Waals surface area contributed by atoms with E-state index in [9.17, 15) is 18.0 Å². The number of aryl methyl sites for hydroxylation is 1. The molecular formula is C23H20F3N3OS. The molecule has 4 nitrogen and oxygen atoms in total. The Morgan fingerprint density at radius 1 is 1.06 bits per heavy atom. The number of H-pyrrole nitrogens is 1. The monoisotopic (exact) mass is 443 g/mol. The molecule has 0 saturated heterocycles. The van der Waals surface area contributed by atoms with Crippen LogP contribution in [0.3, 0.4) is 0 Å². The van der Waals surface area contributed by atoms with Crippen LogP contribution in [-0.2, 0) is 17.4 Å². The van der Waals surface area contributed by atoms with Crippen molar-refractivity contribution in [1.29, 1.82) is 0 Å². The Morgan fingerprint density at radius 2 is 1.87 bits per heavy atom. The van der Waals surface area contributed by atoms with E-state index in [4.69, 9.17) is 0 Å². The highest BCUT2D eigenvalue weighted by molar-refractivity contribution is 7.09. The molecule has 1 atom stereocenters. The van der Waals surface area contributed by atoms with Crippen molar-refractivity contribution in [3.05, 3.63) is 87.9 Å². The number of aromatic amines is 1. The second-order valence-electron chi connectivity index (χ2n) is 7.20. The van der Waals surface area contributed by atoms with Crippen LogP contribution >= 0.6 is 11.3 Å². The summed E-state index contributed by atoms with van der Waals surface area (Å²) < 4.78 is 39.0. The number of nitrogens with zero attached hydrogens (tertiary/aromatic N) is 1. The minimum Gasteiger partial charge on any atom is -0.345 e. The summed E-state index contributed by atoms with van der Waals surface area (Å²) in [6, 6.07) is 17.8. The molecular weight excluding hydrogens is 423 g/mol. The molecule has 2 aromatic heterocycles. The molecule has 2 N–H and O–H groups in total. The molecule has 31 heavy (non-hydrogen) atoms. The summed E-state index contributed by atoms with van der Waals surface area (Å²) in [6.45, 7) is 0. The van der Waals surface area contributed by atoms with E-state index in [1.807, 2.05) is 47.8 Å². The number of alkyl halides is 3. The third-order valence-electron chi connectivity index (χ3n) is 4.95. The molecule has 0 spiro atoms. The maximum absolute atomic E-state index is 13.0. The number of carbonyl (C=O) groups is 1. The highest BCUT2D eigenvalue weighted by Crippen LogP contribution is 2.30. The topological polar surface area (TPSA) is 57.8 Å². The lowest BCUT2D eigenvalue weighted by molar-refractivity contribution is -0.144. The first-order chi connectivity index (χ1) is 14.9. The van der Waals surface area contributed by atoms with Crippen molar-refractivity contribution in [3.63, 3.8) is 0 Å². The van der Waals surface area contributed by atoms with Crippen LogP contribution in [0.15, 0.2) is 66.0 Å². The van der Waals surface area contributed by atoms with E-state index < -0.39 is 18.0 Å². The van der Waals surface area contributed by atoms with Gasteiger partial charge < -0.3 is 10.3 Å². The van der Waals surface area contributed by atoms with Gasteiger partial charge in [-0.05, 0) is 47.5 Å². The molecule has 160 valence electrons. The SMILES string of the molecule is O=C(CCCc1cccs1)N[C@H](c1ccccc1)c1ccc2nc(C(F)(F)F)[nH]c2c1. The zero-order valence-corrected chi connectivity index (χ0v) is 17.3. The summed E-state index contributed by atoms with van der Waals surface area (Å²) in [4.78, 5) is 19.8. The van der Waals surface area contributed by atoms with E-state index in [0.29, 0.717) is 12.0 Å². The number of thiophene rings is 1. The van der Waals surface area contributed by atoms with Gasteiger partial charge in [0.25, 0.3) is 0 Å². The van der Waals surface area contributed by atoms with Gasteiger partial charge in [-0.25, -0.2) is 4.98 Å². The van der Waals surface area contributed by atoms with Crippen molar-refractivity contribution < 1.29 is 18.0 Å². The van der Waals surface area contributed by atoms with Crippen LogP contribution in [0.25, 0.3) is 11.0 Å². The molecule has 1 amide bonds. The van der Waals surface area contributed by atoms with Gasteiger partial charge in [0.2, 0.25) is 11.7 Å². The van der Waals surface area contributed by atoms with Gasteiger partial charge >= 0.3 is 6.18 Å². The second kappa shape index (κ2) is 8.93. The number of aromatic nitrogens is 2. The molecule has 0 saturated carbocycles. The van der Waals surface area contributed by atoms with Gasteiger partial charge in [-0.2, -0.15) is 13.2 Å². The minimum atomic E-state index is -4.55. The molecule has 0 unspecified atom stereocenters. The van der Waals surface area contributed by atoms with Crippen molar-refractivity contribution in [1.82, 2.24) is 15.3 Å². The van der Waals surface area contributed by atoms with Crippen molar-refractivity contribution in [2.24, 2.45) is 0 Å². The molecule has 0 aliphatic rings. The largest absolute Gasteiger partial charge is 0.449 e. The molecule has 0 bridgehead atoms. The summed E-state index contributed by atoms with van der Waals surface area (Å²) in [6.07, 6.45) is -2.62. The Labute approximate surface area is 181 Å². The van der Waals surface area contributed by atoms with Crippen molar-refractivity contribution in [2.45, 2.75) is 31.5 Å². The summed E-state index contributed by atoms with van der Waals surface area (Å²) in [7, 11) is 0. The fourth-order valence-electron chi connectivity index (χ4n) is 3.46. The van der Waals surface area contributed by atoms with Crippen LogP contribution in [0.4, 0.5) is 13.2 Å². The lowest BCUT2D eigenvalue weighted by Crippen LogP contribution is -2.29. The predicted octanol–water partition coefficient (Wildman–Crippen LogP) is 5.87. The van der Waals surface area contributed by atoms with E-state index in [-0.39, 0.29) is 16.9 Å². The Bertz CT molecular complexity index is 1150. The standard InChI is InChI=1S/C23H20F3N3OS/c24-23(25,26)22-27-18-12-11-16(14-19(18)28-22)21(15-6-2-1-3-7-15)29-20(30)10-4-8-17-9-5-13-31-17/h1-3,5-7,9,11-14,21H,4,8,10H2,(H,27,28)(H,29,30)/t21-/m1/s1. The lowest BCUT2D eigenvalue weighted by atomic mass is 9.98. The van der Waals surface area contributed by atoms with Gasteiger partial charge in [0, 0.05) is 11.3 Å². The van der Waals surface area contributed by atoms with Gasteiger partial charge in [-0.1, -0.05) is 42.5 Å². The lowest BCUT2D eigenvalue weighted by Gasteiger charge is -2.20. The number of rotatable bonds is 7. The number of hydrogen-bond acceptors (Lipinski definition) is 3. The zero-order chi connectivity index (χ0) is 21.8. The van der Waals surface area contributed by atoms with Crippen molar-refractivity contribution in [2.75, 3.05) is 0 Å². The summed E-state index contributed by atoms with van der Waals surface area (Å²) in [5.74, 6) is -1.14. The Hall–Kier alpha value is -3.13. The van der Waals surface area contributed by atoms with E-state index in [2.05, 4.69) is 15.3 Å². The van der Waals surface area contributed by atoms with Gasteiger partial charge in [0.15, 0.2) is 0 Å². The van der Waals surface area contributed by atoms with Crippen LogP contribution in [-0.4, -0.2) is 15.9 Å². The first kappa shape index (κ1) is 21.1. The number of imidazole rings is 1. The molecule has 0 fully saturated rings. The minimum absolute atomic E-state index is 0.105. The normalized spacial score (nSPS) is 12.7. The van der Waals surface area contributed by atoms with Crippen LogP contribution in [0.1, 0.15) is 40.7 Å². The number of hydrogen-bond donors (Lipinski definition) is 2. The molecule has 2 aromatic carbocycles. The molecule has 0 aliphatic carbocycles. The summed E-state index contributed by atoms with van der Waals surface area (Å²) >= 11 is 1.67. The average Bonchev–Trinajstić information content (AvgIpc) is 3.41. The summed E-state index contributed by atoms with van der Waals surface area (Å²) in [5, 5.41) is 5.05. The number of halogens is 3. The number of amides is 1. The van der Waals surface area contributed by atoms with E-state index in [1.54, 1.807) is 23.5 Å². The third-order valence-corrected chi connectivity index (χ3v) is 5.89. The summed E-state index contributed by atoms with van der Waals surface area (Å²) in [5.41, 5.74) is 2.04. The van der Waals surface area contributed by atoms with Crippen LogP contribution in [0, 0.1) is 0 Å². The third kappa shape index (κ3) is 5.14. The first-order valence-electron chi connectivity index (χ1n) is 9.84. The van der Waals surface area contributed by atoms with Crippen LogP contribution in [0.5, 0.6) is 0 Å². The molecule has 2 heterocycles. The Morgan fingerprint density at radius 3 is 2.58 bits per heavy atom. The maximum Gasteiger partial charge on any atom is 0.449 e. The van der Waals surface area contributed by atoms with Gasteiger partial charge in [0.05, 0.1) is 17.1 Å². The van der Waals surface area contributed by atoms with Crippen LogP contribution < -0.4 is 5.32 Å². The Kier molecular flexibility index (Phi) is 6.08. The zero-order valence-electron chi connectivity index (χ0n) is 16.4. The van der Waals surface area contributed by atoms with Crippen LogP contribution in [0.2, 0.25) is 0 Å². The molecule has 0 aliphatic heterocycles. The smallest absolute Gasteiger partial charge is 0.345 e. The first-order valence-corrected chi connectivity index (χ1v) is 10.7. The number of nitrogens with one attached hydrogen (secondary N) is 2. The van der Waals surface area contributed by atoms with Crippen molar-refractivity contribution >= 4 is 28.3 Å². The van der Waals surface area contributed by atoms with E-state index in [1.165, 1.54) is 10.9 Å². The van der Waals surface area contributed by atoms with E-state index in [0.717, 1.165) is 18.4 Å². The number of benzene rings is 2. The Balaban J connectivity index is 1.55. The fourth-order valence-corrected chi connectivity index (χ4v) is 4.21. The predicted molar refractivity (Wildman–Crippen MR) is 115 cm³/mol. The molecule has 0 radical (unpaired) electrons. The second-order valence-corrected chi connectivity index (χ2v) is 8.24. The molecule has 4 rings (SSSR count). The quantitative estimate of drug-likeness (QED) is 0.375. The van der Waals surface area contributed by atoms with Crippen molar-refractivity contribution in [3.8, 4) is 0 Å². The highest BCUT2D eigenvalue weighted by atomic mass is 32.1. The van der Waals surface area contributed by atoms with Gasteiger partial charge in [-0.15, -0.1) is 11.3 Å². The van der Waals surface area contributed by atoms with Gasteiger partial charge in [-0.3, -0.25) is 4.79 Å². The van der Waals surface area contributed by atoms with Gasteiger partial charge in [0.1, 0.15) is 0 Å². The number of carbonyl (C=O) groups excluding carboxylic acids is 1. The number of fused-ring (bicyclic) bond motifs is 1. The highest BCUT2D eigenvalue weighted by Gasteiger charge is 2.34.